The van der Waals surface area contributed by atoms with Gasteiger partial charge in [0.15, 0.2) is 0 Å². The molecule has 1 aromatic carbocycles. The number of carbonyl (C=O) groups excluding carboxylic acids is 1. The minimum atomic E-state index is -3.77. The Labute approximate surface area is 145 Å². The third-order valence-electron chi connectivity index (χ3n) is 3.56. The van der Waals surface area contributed by atoms with Crippen molar-refractivity contribution in [1.82, 2.24) is 9.62 Å². The second-order valence-corrected chi connectivity index (χ2v) is 7.70. The Morgan fingerprint density at radius 3 is 2.65 bits per heavy atom. The first-order chi connectivity index (χ1) is 10.8. The average Bonchev–Trinajstić information content (AvgIpc) is 2.91. The summed E-state index contributed by atoms with van der Waals surface area (Å²) >= 11 is 11.9. The quantitative estimate of drug-likeness (QED) is 0.736. The number of amides is 1. The van der Waals surface area contributed by atoms with Gasteiger partial charge in [-0.3, -0.25) is 4.79 Å². The zero-order chi connectivity index (χ0) is 17.0. The molecule has 1 saturated heterocycles. The van der Waals surface area contributed by atoms with Crippen LogP contribution in [0.1, 0.15) is 19.3 Å². The number of nitrogens with one attached hydrogen (secondary N) is 1. The van der Waals surface area contributed by atoms with Gasteiger partial charge in [-0.25, -0.2) is 13.1 Å². The third kappa shape index (κ3) is 4.50. The third-order valence-corrected chi connectivity index (χ3v) is 5.79. The van der Waals surface area contributed by atoms with Gasteiger partial charge in [0.1, 0.15) is 10.6 Å². The van der Waals surface area contributed by atoms with Crippen LogP contribution in [0, 0.1) is 0 Å². The second-order valence-electron chi connectivity index (χ2n) is 5.15. The van der Waals surface area contributed by atoms with Crippen LogP contribution in [0.2, 0.25) is 10.0 Å². The minimum absolute atomic E-state index is 0.0356. The highest BCUT2D eigenvalue weighted by Crippen LogP contribution is 2.33. The molecule has 0 spiro atoms. The van der Waals surface area contributed by atoms with Gasteiger partial charge < -0.3 is 9.64 Å². The topological polar surface area (TPSA) is 75.7 Å². The van der Waals surface area contributed by atoms with E-state index in [0.717, 1.165) is 13.0 Å². The lowest BCUT2D eigenvalue weighted by Gasteiger charge is -2.15. The summed E-state index contributed by atoms with van der Waals surface area (Å²) in [6.45, 7) is 1.50. The summed E-state index contributed by atoms with van der Waals surface area (Å²) in [5.74, 6) is 0.431. The molecule has 1 aromatic rings. The Bertz CT molecular complexity index is 694. The largest absolute Gasteiger partial charge is 0.495 e. The summed E-state index contributed by atoms with van der Waals surface area (Å²) in [5, 5.41) is 0.202. The first-order valence-electron chi connectivity index (χ1n) is 7.15. The number of halogens is 2. The molecule has 6 nitrogen and oxygen atoms in total. The maximum Gasteiger partial charge on any atom is 0.242 e. The van der Waals surface area contributed by atoms with Crippen molar-refractivity contribution in [3.8, 4) is 5.75 Å². The summed E-state index contributed by atoms with van der Waals surface area (Å²) in [6.07, 6.45) is 1.97. The molecule has 1 N–H and O–H groups in total. The number of methoxy groups -OCH3 is 1. The van der Waals surface area contributed by atoms with Crippen LogP contribution >= 0.6 is 23.2 Å². The number of carbonyl (C=O) groups is 1. The zero-order valence-corrected chi connectivity index (χ0v) is 15.0. The molecule has 0 bridgehead atoms. The van der Waals surface area contributed by atoms with Gasteiger partial charge >= 0.3 is 0 Å². The molecule has 1 amide bonds. The van der Waals surface area contributed by atoms with E-state index in [2.05, 4.69) is 4.72 Å². The van der Waals surface area contributed by atoms with E-state index in [1.807, 2.05) is 0 Å². The number of hydrogen-bond donors (Lipinski definition) is 1. The molecule has 0 atom stereocenters. The summed E-state index contributed by atoms with van der Waals surface area (Å²) in [6, 6.07) is 2.62. The molecule has 0 aliphatic carbocycles. The number of ether oxygens (including phenoxy) is 1. The molecular formula is C14H18Cl2N2O4S. The smallest absolute Gasteiger partial charge is 0.242 e. The highest BCUT2D eigenvalue weighted by atomic mass is 35.5. The van der Waals surface area contributed by atoms with E-state index >= 15 is 0 Å². The average molecular weight is 381 g/mol. The van der Waals surface area contributed by atoms with Crippen LogP contribution in [-0.2, 0) is 14.8 Å². The molecular weight excluding hydrogens is 363 g/mol. The van der Waals surface area contributed by atoms with Crippen LogP contribution in [0.5, 0.6) is 5.75 Å². The van der Waals surface area contributed by atoms with Crippen molar-refractivity contribution in [3.63, 3.8) is 0 Å². The van der Waals surface area contributed by atoms with Crippen molar-refractivity contribution in [2.24, 2.45) is 0 Å². The molecule has 0 radical (unpaired) electrons. The number of likely N-dealkylation sites (tertiary alicyclic amines) is 1. The Morgan fingerprint density at radius 1 is 1.30 bits per heavy atom. The molecule has 1 fully saturated rings. The van der Waals surface area contributed by atoms with Gasteiger partial charge in [0, 0.05) is 32.1 Å². The lowest BCUT2D eigenvalue weighted by molar-refractivity contribution is -0.127. The summed E-state index contributed by atoms with van der Waals surface area (Å²) in [5.41, 5.74) is 0. The molecule has 128 valence electrons. The monoisotopic (exact) mass is 380 g/mol. The van der Waals surface area contributed by atoms with Gasteiger partial charge in [0.25, 0.3) is 0 Å². The molecule has 0 unspecified atom stereocenters. The van der Waals surface area contributed by atoms with Crippen LogP contribution < -0.4 is 9.46 Å². The van der Waals surface area contributed by atoms with Gasteiger partial charge in [-0.1, -0.05) is 23.2 Å². The highest BCUT2D eigenvalue weighted by molar-refractivity contribution is 7.89. The summed E-state index contributed by atoms with van der Waals surface area (Å²) in [4.78, 5) is 13.1. The van der Waals surface area contributed by atoms with E-state index in [0.29, 0.717) is 25.1 Å². The molecule has 9 heteroatoms. The van der Waals surface area contributed by atoms with Crippen molar-refractivity contribution in [3.05, 3.63) is 22.2 Å². The molecule has 0 aromatic heterocycles. The normalized spacial score (nSPS) is 15.3. The van der Waals surface area contributed by atoms with Crippen molar-refractivity contribution in [2.75, 3.05) is 26.7 Å². The fourth-order valence-electron chi connectivity index (χ4n) is 2.37. The molecule has 1 aliphatic heterocycles. The summed E-state index contributed by atoms with van der Waals surface area (Å²) in [7, 11) is -2.35. The first kappa shape index (κ1) is 18.3. The highest BCUT2D eigenvalue weighted by Gasteiger charge is 2.22. The van der Waals surface area contributed by atoms with Crippen molar-refractivity contribution in [2.45, 2.75) is 24.2 Å². The van der Waals surface area contributed by atoms with E-state index in [9.17, 15) is 13.2 Å². The number of sulfonamides is 1. The molecule has 23 heavy (non-hydrogen) atoms. The van der Waals surface area contributed by atoms with Gasteiger partial charge in [0.05, 0.1) is 17.2 Å². The van der Waals surface area contributed by atoms with Crippen molar-refractivity contribution in [1.29, 1.82) is 0 Å². The molecule has 1 heterocycles. The van der Waals surface area contributed by atoms with Gasteiger partial charge in [0.2, 0.25) is 15.9 Å². The molecule has 0 saturated carbocycles. The van der Waals surface area contributed by atoms with Crippen LogP contribution in [0.4, 0.5) is 0 Å². The van der Waals surface area contributed by atoms with Crippen LogP contribution in [0.3, 0.4) is 0 Å². The number of rotatable bonds is 7. The predicted octanol–water partition coefficient (Wildman–Crippen LogP) is 2.29. The van der Waals surface area contributed by atoms with E-state index in [1.165, 1.54) is 19.2 Å². The van der Waals surface area contributed by atoms with Crippen molar-refractivity contribution >= 4 is 39.1 Å². The predicted molar refractivity (Wildman–Crippen MR) is 88.6 cm³/mol. The molecule has 2 rings (SSSR count). The van der Waals surface area contributed by atoms with Crippen LogP contribution in [-0.4, -0.2) is 46.0 Å². The Kier molecular flexibility index (Phi) is 6.13. The molecule has 1 aliphatic rings. The van der Waals surface area contributed by atoms with Gasteiger partial charge in [-0.15, -0.1) is 0 Å². The first-order valence-corrected chi connectivity index (χ1v) is 9.39. The number of benzene rings is 1. The van der Waals surface area contributed by atoms with Crippen LogP contribution in [0.25, 0.3) is 0 Å². The lowest BCUT2D eigenvalue weighted by atomic mass is 10.3. The fraction of sp³-hybridized carbons (Fsp3) is 0.500. The minimum Gasteiger partial charge on any atom is -0.495 e. The SMILES string of the molecule is COc1cc(Cl)c(S(=O)(=O)NCCCN2CCCC2=O)cc1Cl. The second kappa shape index (κ2) is 7.70. The fourth-order valence-corrected chi connectivity index (χ4v) is 4.29. The van der Waals surface area contributed by atoms with E-state index in [-0.39, 0.29) is 27.4 Å². The Morgan fingerprint density at radius 2 is 2.04 bits per heavy atom. The zero-order valence-electron chi connectivity index (χ0n) is 12.6. The van der Waals surface area contributed by atoms with E-state index in [1.54, 1.807) is 4.90 Å². The number of nitrogens with zero attached hydrogens (tertiary/aromatic N) is 1. The maximum absolute atomic E-state index is 12.3. The van der Waals surface area contributed by atoms with E-state index in [4.69, 9.17) is 27.9 Å². The summed E-state index contributed by atoms with van der Waals surface area (Å²) < 4.78 is 32.0. The number of hydrogen-bond acceptors (Lipinski definition) is 4. The lowest BCUT2D eigenvalue weighted by Crippen LogP contribution is -2.30. The van der Waals surface area contributed by atoms with Crippen molar-refractivity contribution < 1.29 is 17.9 Å². The Hall–Kier alpha value is -1.02. The standard InChI is InChI=1S/C14H18Cl2N2O4S/c1-22-12-8-11(16)13(9-10(12)15)23(20,21)17-5-3-7-18-6-2-4-14(18)19/h8-9,17H,2-7H2,1H3. The van der Waals surface area contributed by atoms with Crippen LogP contribution in [0.15, 0.2) is 17.0 Å². The van der Waals surface area contributed by atoms with E-state index < -0.39 is 10.0 Å². The van der Waals surface area contributed by atoms with Gasteiger partial charge in [-0.05, 0) is 18.9 Å². The Balaban J connectivity index is 1.96. The van der Waals surface area contributed by atoms with Gasteiger partial charge in [-0.2, -0.15) is 0 Å². The maximum atomic E-state index is 12.3.